The van der Waals surface area contributed by atoms with Crippen LogP contribution in [0.2, 0.25) is 0 Å². The van der Waals surface area contributed by atoms with Crippen LogP contribution in [-0.2, 0) is 19.0 Å². The van der Waals surface area contributed by atoms with Crippen LogP contribution in [0.15, 0.2) is 0 Å². The SMILES string of the molecule is CCCCCCCC1(CC[C@H]2[C@H](C)CC3OC(=O)C[C@@H]32)OCCCO1. The summed E-state index contributed by atoms with van der Waals surface area (Å²) in [4.78, 5) is 11.6. The number of carbonyl (C=O) groups excluding carboxylic acids is 1. The molecular weight excluding hydrogens is 316 g/mol. The molecule has 1 saturated carbocycles. The van der Waals surface area contributed by atoms with Gasteiger partial charge in [0.25, 0.3) is 0 Å². The molecule has 3 fully saturated rings. The van der Waals surface area contributed by atoms with Gasteiger partial charge in [-0.05, 0) is 37.5 Å². The fraction of sp³-hybridized carbons (Fsp3) is 0.952. The monoisotopic (exact) mass is 352 g/mol. The summed E-state index contributed by atoms with van der Waals surface area (Å²) in [7, 11) is 0. The molecule has 4 nitrogen and oxygen atoms in total. The van der Waals surface area contributed by atoms with E-state index in [9.17, 15) is 4.79 Å². The summed E-state index contributed by atoms with van der Waals surface area (Å²) in [6, 6.07) is 0. The van der Waals surface area contributed by atoms with Crippen molar-refractivity contribution >= 4 is 5.97 Å². The Morgan fingerprint density at radius 3 is 2.60 bits per heavy atom. The predicted molar refractivity (Wildman–Crippen MR) is 97.1 cm³/mol. The van der Waals surface area contributed by atoms with Crippen LogP contribution in [0, 0.1) is 17.8 Å². The van der Waals surface area contributed by atoms with E-state index in [1.165, 1.54) is 32.1 Å². The maximum atomic E-state index is 11.6. The molecule has 0 aromatic rings. The van der Waals surface area contributed by atoms with E-state index >= 15 is 0 Å². The number of esters is 1. The molecule has 0 spiro atoms. The van der Waals surface area contributed by atoms with Crippen molar-refractivity contribution in [3.05, 3.63) is 0 Å². The fourth-order valence-corrected chi connectivity index (χ4v) is 5.16. The van der Waals surface area contributed by atoms with E-state index in [1.807, 2.05) is 0 Å². The second kappa shape index (κ2) is 8.85. The third-order valence-corrected chi connectivity index (χ3v) is 6.59. The summed E-state index contributed by atoms with van der Waals surface area (Å²) in [6.07, 6.45) is 12.3. The highest BCUT2D eigenvalue weighted by Crippen LogP contribution is 2.48. The first-order chi connectivity index (χ1) is 12.1. The van der Waals surface area contributed by atoms with Gasteiger partial charge in [0, 0.05) is 18.8 Å². The Labute approximate surface area is 153 Å². The Morgan fingerprint density at radius 2 is 1.84 bits per heavy atom. The van der Waals surface area contributed by atoms with Crippen molar-refractivity contribution in [2.24, 2.45) is 17.8 Å². The molecule has 0 radical (unpaired) electrons. The van der Waals surface area contributed by atoms with Crippen LogP contribution in [0.5, 0.6) is 0 Å². The standard InChI is InChI=1S/C21H36O4/c1-3-4-5-6-7-10-21(23-12-8-13-24-21)11-9-17-16(2)14-19-18(17)15-20(22)25-19/h16-19H,3-15H2,1-2H3/t16-,17+,18-,19?/m1/s1. The van der Waals surface area contributed by atoms with Crippen molar-refractivity contribution in [1.29, 1.82) is 0 Å². The van der Waals surface area contributed by atoms with Gasteiger partial charge in [0.05, 0.1) is 19.6 Å². The lowest BCUT2D eigenvalue weighted by Crippen LogP contribution is -2.41. The molecule has 4 heteroatoms. The van der Waals surface area contributed by atoms with E-state index in [2.05, 4.69) is 13.8 Å². The van der Waals surface area contributed by atoms with Gasteiger partial charge in [-0.25, -0.2) is 0 Å². The Hall–Kier alpha value is -0.610. The summed E-state index contributed by atoms with van der Waals surface area (Å²) < 4.78 is 17.9. The Bertz CT molecular complexity index is 430. The van der Waals surface area contributed by atoms with Crippen molar-refractivity contribution in [3.8, 4) is 0 Å². The highest BCUT2D eigenvalue weighted by atomic mass is 16.7. The molecule has 2 saturated heterocycles. The van der Waals surface area contributed by atoms with E-state index in [-0.39, 0.29) is 17.9 Å². The Balaban J connectivity index is 1.52. The van der Waals surface area contributed by atoms with Crippen LogP contribution in [0.3, 0.4) is 0 Å². The third-order valence-electron chi connectivity index (χ3n) is 6.59. The van der Waals surface area contributed by atoms with Crippen molar-refractivity contribution < 1.29 is 19.0 Å². The van der Waals surface area contributed by atoms with E-state index < -0.39 is 0 Å². The van der Waals surface area contributed by atoms with Gasteiger partial charge in [0.1, 0.15) is 6.10 Å². The van der Waals surface area contributed by atoms with Gasteiger partial charge in [0.15, 0.2) is 5.79 Å². The van der Waals surface area contributed by atoms with Crippen LogP contribution in [0.25, 0.3) is 0 Å². The molecule has 2 heterocycles. The maximum absolute atomic E-state index is 11.6. The van der Waals surface area contributed by atoms with Gasteiger partial charge in [0.2, 0.25) is 0 Å². The molecule has 3 aliphatic rings. The molecule has 3 rings (SSSR count). The average Bonchev–Trinajstić information content (AvgIpc) is 3.09. The molecule has 25 heavy (non-hydrogen) atoms. The quantitative estimate of drug-likeness (QED) is 0.439. The minimum Gasteiger partial charge on any atom is -0.462 e. The van der Waals surface area contributed by atoms with Crippen molar-refractivity contribution in [2.45, 2.75) is 96.4 Å². The van der Waals surface area contributed by atoms with Crippen molar-refractivity contribution in [2.75, 3.05) is 13.2 Å². The van der Waals surface area contributed by atoms with E-state index in [0.29, 0.717) is 24.2 Å². The Morgan fingerprint density at radius 1 is 1.08 bits per heavy atom. The maximum Gasteiger partial charge on any atom is 0.306 e. The van der Waals surface area contributed by atoms with Gasteiger partial charge in [-0.2, -0.15) is 0 Å². The molecule has 2 aliphatic heterocycles. The Kier molecular flexibility index (Phi) is 6.79. The lowest BCUT2D eigenvalue weighted by atomic mass is 9.83. The summed E-state index contributed by atoms with van der Waals surface area (Å²) in [6.45, 7) is 6.21. The number of carbonyl (C=O) groups is 1. The second-order valence-electron chi connectivity index (χ2n) is 8.44. The summed E-state index contributed by atoms with van der Waals surface area (Å²) in [5.41, 5.74) is 0. The highest BCUT2D eigenvalue weighted by molar-refractivity contribution is 5.72. The molecule has 0 N–H and O–H groups in total. The first-order valence-electron chi connectivity index (χ1n) is 10.6. The van der Waals surface area contributed by atoms with Crippen molar-refractivity contribution in [3.63, 3.8) is 0 Å². The molecule has 0 amide bonds. The number of ether oxygens (including phenoxy) is 3. The largest absolute Gasteiger partial charge is 0.462 e. The third kappa shape index (κ3) is 4.77. The first-order valence-corrected chi connectivity index (χ1v) is 10.6. The van der Waals surface area contributed by atoms with Crippen LogP contribution >= 0.6 is 0 Å². The van der Waals surface area contributed by atoms with Gasteiger partial charge in [-0.1, -0.05) is 39.5 Å². The van der Waals surface area contributed by atoms with Crippen LogP contribution in [0.1, 0.15) is 84.5 Å². The molecular formula is C21H36O4. The van der Waals surface area contributed by atoms with Crippen molar-refractivity contribution in [1.82, 2.24) is 0 Å². The van der Waals surface area contributed by atoms with Crippen LogP contribution < -0.4 is 0 Å². The number of hydrogen-bond donors (Lipinski definition) is 0. The fourth-order valence-electron chi connectivity index (χ4n) is 5.16. The average molecular weight is 353 g/mol. The smallest absolute Gasteiger partial charge is 0.306 e. The minimum absolute atomic E-state index is 0.00250. The van der Waals surface area contributed by atoms with Gasteiger partial charge < -0.3 is 14.2 Å². The number of fused-ring (bicyclic) bond motifs is 1. The lowest BCUT2D eigenvalue weighted by molar-refractivity contribution is -0.275. The van der Waals surface area contributed by atoms with Crippen LogP contribution in [-0.4, -0.2) is 31.1 Å². The summed E-state index contributed by atoms with van der Waals surface area (Å²) in [5, 5.41) is 0. The van der Waals surface area contributed by atoms with E-state index in [4.69, 9.17) is 14.2 Å². The molecule has 1 unspecified atom stereocenters. The zero-order chi connectivity index (χ0) is 17.7. The van der Waals surface area contributed by atoms with E-state index in [0.717, 1.165) is 45.3 Å². The second-order valence-corrected chi connectivity index (χ2v) is 8.44. The molecule has 0 bridgehead atoms. The molecule has 1 aliphatic carbocycles. The zero-order valence-corrected chi connectivity index (χ0v) is 16.1. The topological polar surface area (TPSA) is 44.8 Å². The summed E-state index contributed by atoms with van der Waals surface area (Å²) >= 11 is 0. The minimum atomic E-state index is -0.369. The molecule has 0 aromatic carbocycles. The number of rotatable bonds is 9. The first kappa shape index (κ1) is 19.2. The van der Waals surface area contributed by atoms with Gasteiger partial charge in [-0.3, -0.25) is 4.79 Å². The molecule has 4 atom stereocenters. The highest BCUT2D eigenvalue weighted by Gasteiger charge is 2.49. The predicted octanol–water partition coefficient (Wildman–Crippen LogP) is 4.85. The van der Waals surface area contributed by atoms with Gasteiger partial charge >= 0.3 is 5.97 Å². The summed E-state index contributed by atoms with van der Waals surface area (Å²) in [5.74, 6) is 1.26. The molecule has 144 valence electrons. The normalized spacial score (nSPS) is 34.1. The number of unbranched alkanes of at least 4 members (excludes halogenated alkanes) is 4. The molecule has 0 aromatic heterocycles. The van der Waals surface area contributed by atoms with E-state index in [1.54, 1.807) is 0 Å². The van der Waals surface area contributed by atoms with Gasteiger partial charge in [-0.15, -0.1) is 0 Å². The number of hydrogen-bond acceptors (Lipinski definition) is 4. The van der Waals surface area contributed by atoms with Crippen LogP contribution in [0.4, 0.5) is 0 Å². The zero-order valence-electron chi connectivity index (χ0n) is 16.1. The lowest BCUT2D eigenvalue weighted by Gasteiger charge is -2.39.